The summed E-state index contributed by atoms with van der Waals surface area (Å²) in [5, 5.41) is 14.5. The van der Waals surface area contributed by atoms with Gasteiger partial charge in [0.2, 0.25) is 23.6 Å². The van der Waals surface area contributed by atoms with Gasteiger partial charge in [0.1, 0.15) is 22.5 Å². The van der Waals surface area contributed by atoms with Crippen LogP contribution in [-0.4, -0.2) is 53.5 Å². The first-order valence-electron chi connectivity index (χ1n) is 18.2. The number of hydrogen-bond donors (Lipinski definition) is 2. The molecule has 0 fully saturated rings. The maximum atomic E-state index is 15.3. The summed E-state index contributed by atoms with van der Waals surface area (Å²) in [6.07, 6.45) is 0.254. The van der Waals surface area contributed by atoms with Gasteiger partial charge in [0, 0.05) is 63.8 Å². The van der Waals surface area contributed by atoms with Gasteiger partial charge in [-0.3, -0.25) is 37.4 Å². The molecule has 0 bridgehead atoms. The summed E-state index contributed by atoms with van der Waals surface area (Å²) in [4.78, 5) is 88.5. The molecule has 0 saturated heterocycles. The number of aryl methyl sites for hydroxylation is 2. The van der Waals surface area contributed by atoms with Crippen LogP contribution in [0.25, 0.3) is 0 Å². The second-order valence-electron chi connectivity index (χ2n) is 14.9. The Bertz CT molecular complexity index is 2890. The molecule has 18 nitrogen and oxygen atoms in total. The van der Waals surface area contributed by atoms with E-state index in [0.717, 1.165) is 9.13 Å². The first-order valence-corrected chi connectivity index (χ1v) is 18.2. The molecule has 4 aliphatic rings. The van der Waals surface area contributed by atoms with Gasteiger partial charge in [-0.15, -0.1) is 0 Å². The molecule has 10 rings (SSSR count). The minimum atomic E-state index is -1.71. The van der Waals surface area contributed by atoms with Crippen molar-refractivity contribution in [1.82, 2.24) is 28.6 Å². The fraction of sp³-hybridized carbons (Fsp3) is 0.282. The molecule has 0 saturated carbocycles. The first-order chi connectivity index (χ1) is 27.3. The summed E-state index contributed by atoms with van der Waals surface area (Å²) >= 11 is 0. The number of amides is 2. The van der Waals surface area contributed by atoms with Crippen molar-refractivity contribution in [2.24, 2.45) is 28.2 Å². The van der Waals surface area contributed by atoms with Crippen LogP contribution in [0.2, 0.25) is 0 Å². The van der Waals surface area contributed by atoms with Crippen molar-refractivity contribution in [2.75, 3.05) is 33.5 Å². The van der Waals surface area contributed by atoms with Crippen molar-refractivity contribution in [3.8, 4) is 0 Å². The Kier molecular flexibility index (Phi) is 6.72. The van der Waals surface area contributed by atoms with Gasteiger partial charge in [0.15, 0.2) is 0 Å². The van der Waals surface area contributed by atoms with Crippen LogP contribution in [0.5, 0.6) is 0 Å². The smallest absolute Gasteiger partial charge is 0.332 e. The molecular weight excluding hydrogens is 736 g/mol. The molecule has 288 valence electrons. The number of rotatable bonds is 4. The van der Waals surface area contributed by atoms with E-state index < -0.39 is 45.1 Å². The van der Waals surface area contributed by atoms with E-state index in [0.29, 0.717) is 45.0 Å². The minimum absolute atomic E-state index is 0.0666. The van der Waals surface area contributed by atoms with Crippen molar-refractivity contribution in [3.63, 3.8) is 0 Å². The van der Waals surface area contributed by atoms with Crippen LogP contribution in [0.1, 0.15) is 51.2 Å². The van der Waals surface area contributed by atoms with E-state index in [9.17, 15) is 19.2 Å². The maximum Gasteiger partial charge on any atom is 0.332 e. The van der Waals surface area contributed by atoms with E-state index in [1.54, 1.807) is 72.2 Å². The highest BCUT2D eigenvalue weighted by atomic mass is 16.5. The highest BCUT2D eigenvalue weighted by Gasteiger charge is 2.63. The second kappa shape index (κ2) is 11.2. The zero-order valence-electron chi connectivity index (χ0n) is 31.6. The van der Waals surface area contributed by atoms with Gasteiger partial charge in [0.25, 0.3) is 11.1 Å². The normalized spacial score (nSPS) is 19.6. The molecule has 2 unspecified atom stereocenters. The van der Waals surface area contributed by atoms with E-state index in [4.69, 9.17) is 9.05 Å². The number of para-hydroxylation sites is 2. The third kappa shape index (κ3) is 3.83. The molecule has 2 N–H and O–H groups in total. The molecule has 4 aliphatic heterocycles. The quantitative estimate of drug-likeness (QED) is 0.263. The van der Waals surface area contributed by atoms with Gasteiger partial charge >= 0.3 is 11.4 Å². The lowest BCUT2D eigenvalue weighted by molar-refractivity contribution is -0.121. The van der Waals surface area contributed by atoms with E-state index in [-0.39, 0.29) is 54.0 Å². The average molecular weight is 771 g/mol. The molecule has 0 aliphatic carbocycles. The molecule has 4 aromatic heterocycles. The number of nitrogens with one attached hydrogen (secondary N) is 2. The zero-order chi connectivity index (χ0) is 40.0. The first kappa shape index (κ1) is 34.3. The van der Waals surface area contributed by atoms with Crippen LogP contribution >= 0.6 is 0 Å². The average Bonchev–Trinajstić information content (AvgIpc) is 3.91. The van der Waals surface area contributed by atoms with Gasteiger partial charge in [-0.05, 0) is 32.4 Å². The van der Waals surface area contributed by atoms with Crippen molar-refractivity contribution in [2.45, 2.75) is 31.1 Å². The molecule has 57 heavy (non-hydrogen) atoms. The summed E-state index contributed by atoms with van der Waals surface area (Å²) in [7, 11) is 5.76. The largest absolute Gasteiger partial charge is 0.338 e. The standard InChI is InChI=1S/C39H34N10O8/c1-18-24-30(56-42-18)40-28-26(32(50)46(5)36(54)44(28)3)38(24)20-12-7-9-14-22(20)48(34(38)52)16-11-17-49-23-15-10-8-13-21(23)39(35(49)53)25-19(2)43-57-31(25)41-29-27(39)33(51)47(6)37(55)45(29)4/h7-10,12-15,40-41H,11,16-17H2,1-6H3. The van der Waals surface area contributed by atoms with E-state index in [1.807, 2.05) is 0 Å². The Labute approximate surface area is 321 Å². The van der Waals surface area contributed by atoms with Crippen molar-refractivity contribution in [3.05, 3.63) is 135 Å². The lowest BCUT2D eigenvalue weighted by atomic mass is 9.69. The highest BCUT2D eigenvalue weighted by molar-refractivity contribution is 6.16. The molecule has 2 spiro atoms. The Morgan fingerprint density at radius 3 is 1.35 bits per heavy atom. The van der Waals surface area contributed by atoms with Crippen LogP contribution in [0.4, 0.5) is 34.8 Å². The summed E-state index contributed by atoms with van der Waals surface area (Å²) in [6.45, 7) is 3.61. The van der Waals surface area contributed by atoms with Crippen LogP contribution in [-0.2, 0) is 48.6 Å². The van der Waals surface area contributed by atoms with Crippen LogP contribution in [0.3, 0.4) is 0 Å². The van der Waals surface area contributed by atoms with Crippen LogP contribution in [0, 0.1) is 13.8 Å². The second-order valence-corrected chi connectivity index (χ2v) is 14.9. The number of carbonyl (C=O) groups excluding carboxylic acids is 2. The Hall–Kier alpha value is -7.24. The molecule has 2 aromatic carbocycles. The predicted octanol–water partition coefficient (Wildman–Crippen LogP) is 1.64. The third-order valence-electron chi connectivity index (χ3n) is 12.1. The molecule has 6 aromatic rings. The summed E-state index contributed by atoms with van der Waals surface area (Å²) in [6, 6.07) is 14.3. The van der Waals surface area contributed by atoms with E-state index in [2.05, 4.69) is 20.9 Å². The monoisotopic (exact) mass is 770 g/mol. The fourth-order valence-electron chi connectivity index (χ4n) is 9.62. The number of nitrogens with zero attached hydrogens (tertiary/aromatic N) is 8. The third-order valence-corrected chi connectivity index (χ3v) is 12.1. The van der Waals surface area contributed by atoms with Gasteiger partial charge in [-0.1, -0.05) is 46.7 Å². The SMILES string of the molecule is Cc1noc2c1C1(C(=O)N(CCCN3C(=O)C4(c5ccccc53)c3c(C)noc3Nc3c4c(=O)n(C)c(=O)n3C)c3ccccc31)c1c(n(C)c(=O)n(C)c1=O)N2. The molecular formula is C39H34N10O8. The van der Waals surface area contributed by atoms with E-state index in [1.165, 1.54) is 37.3 Å². The summed E-state index contributed by atoms with van der Waals surface area (Å²) in [5.74, 6) is -0.355. The molecule has 0 radical (unpaired) electrons. The topological polar surface area (TPSA) is 205 Å². The number of anilines is 6. The number of benzene rings is 2. The number of fused-ring (bicyclic) bond motifs is 12. The van der Waals surface area contributed by atoms with Gasteiger partial charge in [-0.25, -0.2) is 9.59 Å². The minimum Gasteiger partial charge on any atom is -0.338 e. The van der Waals surface area contributed by atoms with Crippen LogP contribution < -0.4 is 42.9 Å². The summed E-state index contributed by atoms with van der Waals surface area (Å²) < 4.78 is 15.8. The van der Waals surface area contributed by atoms with Crippen LogP contribution in [0.15, 0.2) is 76.8 Å². The summed E-state index contributed by atoms with van der Waals surface area (Å²) in [5.41, 5.74) is -2.10. The van der Waals surface area contributed by atoms with Crippen molar-refractivity contribution >= 4 is 46.6 Å². The van der Waals surface area contributed by atoms with Gasteiger partial charge < -0.3 is 29.5 Å². The number of aromatic nitrogens is 6. The number of carbonyl (C=O) groups is 2. The lowest BCUT2D eigenvalue weighted by Crippen LogP contribution is -2.53. The molecule has 2 atom stereocenters. The molecule has 18 heteroatoms. The fourth-order valence-corrected chi connectivity index (χ4v) is 9.62. The van der Waals surface area contributed by atoms with E-state index >= 15 is 9.59 Å². The Balaban J connectivity index is 1.09. The van der Waals surface area contributed by atoms with Crippen molar-refractivity contribution < 1.29 is 18.6 Å². The Morgan fingerprint density at radius 1 is 0.561 bits per heavy atom. The van der Waals surface area contributed by atoms with Crippen molar-refractivity contribution in [1.29, 1.82) is 0 Å². The number of hydrogen-bond acceptors (Lipinski definition) is 12. The molecule has 8 heterocycles. The maximum absolute atomic E-state index is 15.3. The Morgan fingerprint density at radius 2 is 0.947 bits per heavy atom. The zero-order valence-corrected chi connectivity index (χ0v) is 31.6. The van der Waals surface area contributed by atoms with Gasteiger partial charge in [0.05, 0.1) is 33.6 Å². The highest BCUT2D eigenvalue weighted by Crippen LogP contribution is 2.58. The van der Waals surface area contributed by atoms with Gasteiger partial charge in [-0.2, -0.15) is 0 Å². The molecule has 2 amide bonds. The predicted molar refractivity (Wildman–Crippen MR) is 205 cm³/mol. The lowest BCUT2D eigenvalue weighted by Gasteiger charge is -2.35.